The Morgan fingerprint density at radius 1 is 1.08 bits per heavy atom. The van der Waals surface area contributed by atoms with E-state index in [1.54, 1.807) is 13.0 Å². The van der Waals surface area contributed by atoms with Gasteiger partial charge in [0.25, 0.3) is 17.3 Å². The van der Waals surface area contributed by atoms with E-state index in [-0.39, 0.29) is 16.3 Å². The molecule has 0 fully saturated rings. The third kappa shape index (κ3) is 4.36. The molecule has 128 valence electrons. The first-order valence-electron chi connectivity index (χ1n) is 6.83. The number of halogens is 1. The number of rotatable bonds is 5. The molecule has 2 aromatic carbocycles. The summed E-state index contributed by atoms with van der Waals surface area (Å²) in [6.07, 6.45) is 0. The molecule has 0 aliphatic rings. The number of hydrogen-bond acceptors (Lipinski definition) is 6. The standard InChI is InChI=1S/C15H11ClN4O5/c1-9(10-3-2-4-12(7-10)19(22)23)17-18-15(21)11-5-6-13(16)14(8-11)20(24)25/h2-8H,1H3,(H,18,21). The average Bonchev–Trinajstić information content (AvgIpc) is 2.59. The second-order valence-electron chi connectivity index (χ2n) is 4.87. The Morgan fingerprint density at radius 2 is 1.80 bits per heavy atom. The summed E-state index contributed by atoms with van der Waals surface area (Å²) >= 11 is 5.69. The molecule has 0 saturated heterocycles. The fourth-order valence-electron chi connectivity index (χ4n) is 1.90. The van der Waals surface area contributed by atoms with E-state index >= 15 is 0 Å². The van der Waals surface area contributed by atoms with Gasteiger partial charge in [-0.3, -0.25) is 25.0 Å². The van der Waals surface area contributed by atoms with Crippen LogP contribution in [0.5, 0.6) is 0 Å². The van der Waals surface area contributed by atoms with Crippen LogP contribution in [-0.2, 0) is 0 Å². The third-order valence-electron chi connectivity index (χ3n) is 3.20. The molecule has 0 bridgehead atoms. The highest BCUT2D eigenvalue weighted by atomic mass is 35.5. The zero-order valence-corrected chi connectivity index (χ0v) is 13.6. The van der Waals surface area contributed by atoms with Gasteiger partial charge in [0.2, 0.25) is 0 Å². The van der Waals surface area contributed by atoms with Gasteiger partial charge in [0.15, 0.2) is 0 Å². The van der Waals surface area contributed by atoms with Crippen LogP contribution in [0.25, 0.3) is 0 Å². The van der Waals surface area contributed by atoms with Gasteiger partial charge in [-0.25, -0.2) is 5.43 Å². The summed E-state index contributed by atoms with van der Waals surface area (Å²) in [4.78, 5) is 32.4. The summed E-state index contributed by atoms with van der Waals surface area (Å²) in [5.41, 5.74) is 2.54. The molecule has 2 rings (SSSR count). The van der Waals surface area contributed by atoms with Crippen molar-refractivity contribution in [1.29, 1.82) is 0 Å². The van der Waals surface area contributed by atoms with Crippen LogP contribution in [0.1, 0.15) is 22.8 Å². The number of nitro benzene ring substituents is 2. The van der Waals surface area contributed by atoms with Gasteiger partial charge in [-0.1, -0.05) is 23.7 Å². The minimum Gasteiger partial charge on any atom is -0.267 e. The number of carbonyl (C=O) groups is 1. The van der Waals surface area contributed by atoms with Crippen molar-refractivity contribution in [2.45, 2.75) is 6.92 Å². The zero-order chi connectivity index (χ0) is 18.6. The molecule has 0 saturated carbocycles. The van der Waals surface area contributed by atoms with E-state index in [4.69, 9.17) is 11.6 Å². The second-order valence-corrected chi connectivity index (χ2v) is 5.28. The molecule has 2 aromatic rings. The molecule has 9 nitrogen and oxygen atoms in total. The SMILES string of the molecule is CC(=NNC(=O)c1ccc(Cl)c([N+](=O)[O-])c1)c1cccc([N+](=O)[O-])c1. The van der Waals surface area contributed by atoms with Crippen molar-refractivity contribution in [2.75, 3.05) is 0 Å². The predicted octanol–water partition coefficient (Wildman–Crippen LogP) is 3.31. The smallest absolute Gasteiger partial charge is 0.267 e. The van der Waals surface area contributed by atoms with Gasteiger partial charge in [-0.2, -0.15) is 5.10 Å². The summed E-state index contributed by atoms with van der Waals surface area (Å²) in [5.74, 6) is -0.676. The molecule has 0 unspecified atom stereocenters. The van der Waals surface area contributed by atoms with Crippen LogP contribution in [0.4, 0.5) is 11.4 Å². The molecule has 0 radical (unpaired) electrons. The second kappa shape index (κ2) is 7.49. The molecular formula is C15H11ClN4O5. The summed E-state index contributed by atoms with van der Waals surface area (Å²) < 4.78 is 0. The maximum atomic E-state index is 12.0. The van der Waals surface area contributed by atoms with Crippen LogP contribution < -0.4 is 5.43 Å². The molecule has 0 spiro atoms. The molecule has 0 aliphatic carbocycles. The Kier molecular flexibility index (Phi) is 5.40. The van der Waals surface area contributed by atoms with Gasteiger partial charge >= 0.3 is 0 Å². The Balaban J connectivity index is 2.19. The molecule has 10 heteroatoms. The number of nitrogens with one attached hydrogen (secondary N) is 1. The third-order valence-corrected chi connectivity index (χ3v) is 3.52. The van der Waals surface area contributed by atoms with Gasteiger partial charge in [0, 0.05) is 29.3 Å². The first kappa shape index (κ1) is 18.0. The number of nitro groups is 2. The van der Waals surface area contributed by atoms with E-state index in [2.05, 4.69) is 10.5 Å². The lowest BCUT2D eigenvalue weighted by molar-refractivity contribution is -0.385. The maximum Gasteiger partial charge on any atom is 0.288 e. The van der Waals surface area contributed by atoms with Crippen molar-refractivity contribution in [1.82, 2.24) is 5.43 Å². The summed E-state index contributed by atoms with van der Waals surface area (Å²) in [6, 6.07) is 9.35. The van der Waals surface area contributed by atoms with Crippen molar-refractivity contribution >= 4 is 34.6 Å². The van der Waals surface area contributed by atoms with Crippen molar-refractivity contribution in [3.8, 4) is 0 Å². The van der Waals surface area contributed by atoms with E-state index in [0.717, 1.165) is 6.07 Å². The molecule has 0 atom stereocenters. The van der Waals surface area contributed by atoms with Crippen LogP contribution in [-0.4, -0.2) is 21.5 Å². The highest BCUT2D eigenvalue weighted by Crippen LogP contribution is 2.25. The van der Waals surface area contributed by atoms with Gasteiger partial charge < -0.3 is 0 Å². The predicted molar refractivity (Wildman–Crippen MR) is 90.9 cm³/mol. The lowest BCUT2D eigenvalue weighted by Gasteiger charge is -2.04. The van der Waals surface area contributed by atoms with E-state index < -0.39 is 21.4 Å². The van der Waals surface area contributed by atoms with Crippen molar-refractivity contribution < 1.29 is 14.6 Å². The number of benzene rings is 2. The van der Waals surface area contributed by atoms with E-state index in [0.29, 0.717) is 11.3 Å². The molecule has 1 N–H and O–H groups in total. The van der Waals surface area contributed by atoms with Crippen LogP contribution in [0.15, 0.2) is 47.6 Å². The van der Waals surface area contributed by atoms with E-state index in [1.165, 1.54) is 30.3 Å². The van der Waals surface area contributed by atoms with Gasteiger partial charge in [0.1, 0.15) is 5.02 Å². The molecule has 25 heavy (non-hydrogen) atoms. The first-order chi connectivity index (χ1) is 11.8. The van der Waals surface area contributed by atoms with E-state index in [1.807, 2.05) is 0 Å². The molecule has 1 amide bonds. The minimum absolute atomic E-state index is 0.00620. The average molecular weight is 363 g/mol. The molecule has 0 aromatic heterocycles. The van der Waals surface area contributed by atoms with Crippen LogP contribution in [0, 0.1) is 20.2 Å². The molecular weight excluding hydrogens is 352 g/mol. The monoisotopic (exact) mass is 362 g/mol. The fourth-order valence-corrected chi connectivity index (χ4v) is 2.09. The van der Waals surface area contributed by atoms with Gasteiger partial charge in [-0.05, 0) is 19.1 Å². The van der Waals surface area contributed by atoms with E-state index in [9.17, 15) is 25.0 Å². The summed E-state index contributed by atoms with van der Waals surface area (Å²) in [6.45, 7) is 1.56. The molecule has 0 aliphatic heterocycles. The Morgan fingerprint density at radius 3 is 2.44 bits per heavy atom. The topological polar surface area (TPSA) is 128 Å². The van der Waals surface area contributed by atoms with Crippen LogP contribution >= 0.6 is 11.6 Å². The number of hydrogen-bond donors (Lipinski definition) is 1. The number of non-ortho nitro benzene ring substituents is 1. The molecule has 0 heterocycles. The van der Waals surface area contributed by atoms with Crippen LogP contribution in [0.3, 0.4) is 0 Å². The lowest BCUT2D eigenvalue weighted by atomic mass is 10.1. The summed E-state index contributed by atoms with van der Waals surface area (Å²) in [5, 5.41) is 25.4. The maximum absolute atomic E-state index is 12.0. The van der Waals surface area contributed by atoms with Crippen LogP contribution in [0.2, 0.25) is 5.02 Å². The number of amides is 1. The first-order valence-corrected chi connectivity index (χ1v) is 7.21. The Labute approximate surface area is 146 Å². The number of hydrazone groups is 1. The Hall–Kier alpha value is -3.33. The highest BCUT2D eigenvalue weighted by molar-refractivity contribution is 6.32. The van der Waals surface area contributed by atoms with Crippen molar-refractivity contribution in [3.05, 3.63) is 78.8 Å². The van der Waals surface area contributed by atoms with Crippen molar-refractivity contribution in [3.63, 3.8) is 0 Å². The minimum atomic E-state index is -0.698. The zero-order valence-electron chi connectivity index (χ0n) is 12.8. The normalized spacial score (nSPS) is 11.0. The summed E-state index contributed by atoms with van der Waals surface area (Å²) in [7, 11) is 0. The highest BCUT2D eigenvalue weighted by Gasteiger charge is 2.16. The number of carbonyl (C=O) groups excluding carboxylic acids is 1. The lowest BCUT2D eigenvalue weighted by Crippen LogP contribution is -2.19. The fraction of sp³-hybridized carbons (Fsp3) is 0.0667. The Bertz CT molecular complexity index is 897. The van der Waals surface area contributed by atoms with Gasteiger partial charge in [-0.15, -0.1) is 0 Å². The largest absolute Gasteiger partial charge is 0.288 e. The quantitative estimate of drug-likeness (QED) is 0.495. The van der Waals surface area contributed by atoms with Gasteiger partial charge in [0.05, 0.1) is 15.6 Å². The number of nitrogens with zero attached hydrogens (tertiary/aromatic N) is 3. The van der Waals surface area contributed by atoms with Crippen molar-refractivity contribution in [2.24, 2.45) is 5.10 Å².